The molecule has 0 saturated carbocycles. The Balaban J connectivity index is 1.86. The van der Waals surface area contributed by atoms with Crippen molar-refractivity contribution in [2.24, 2.45) is 0 Å². The predicted molar refractivity (Wildman–Crippen MR) is 121 cm³/mol. The number of nitrogens with two attached hydrogens (primary N) is 1. The molecule has 3 aromatic carbocycles. The third-order valence-electron chi connectivity index (χ3n) is 5.05. The fourth-order valence-electron chi connectivity index (χ4n) is 3.51. The summed E-state index contributed by atoms with van der Waals surface area (Å²) in [4.78, 5) is 17.6. The van der Waals surface area contributed by atoms with E-state index in [9.17, 15) is 4.79 Å². The van der Waals surface area contributed by atoms with Gasteiger partial charge >= 0.3 is 0 Å². The van der Waals surface area contributed by atoms with Crippen LogP contribution < -0.4 is 19.9 Å². The van der Waals surface area contributed by atoms with Crippen molar-refractivity contribution in [3.05, 3.63) is 78.4 Å². The van der Waals surface area contributed by atoms with Crippen molar-refractivity contribution in [1.82, 2.24) is 14.8 Å². The summed E-state index contributed by atoms with van der Waals surface area (Å²) in [6, 6.07) is 16.3. The standard InChI is InChI=1S/C24H22N4O4/c1-30-21-11-17(12-22(31-2)24(21)32-3)23(29)19-8-7-16(15-5-4-6-18(25)9-15)10-20(19)28-14-26-13-27-28/h4-14H,25H2,1-3H3. The molecule has 0 aliphatic rings. The van der Waals surface area contributed by atoms with E-state index in [0.717, 1.165) is 11.1 Å². The molecule has 1 aromatic heterocycles. The number of nitrogen functional groups attached to an aromatic ring is 1. The van der Waals surface area contributed by atoms with Gasteiger partial charge in [0.1, 0.15) is 12.7 Å². The van der Waals surface area contributed by atoms with Gasteiger partial charge in [0.05, 0.1) is 27.0 Å². The molecule has 2 N–H and O–H groups in total. The van der Waals surface area contributed by atoms with Crippen LogP contribution in [-0.4, -0.2) is 41.9 Å². The fraction of sp³-hybridized carbons (Fsp3) is 0.125. The zero-order valence-corrected chi connectivity index (χ0v) is 17.9. The molecule has 0 radical (unpaired) electrons. The van der Waals surface area contributed by atoms with E-state index in [-0.39, 0.29) is 5.78 Å². The lowest BCUT2D eigenvalue weighted by Gasteiger charge is -2.15. The maximum absolute atomic E-state index is 13.6. The summed E-state index contributed by atoms with van der Waals surface area (Å²) in [6.07, 6.45) is 2.96. The molecule has 8 heteroatoms. The van der Waals surface area contributed by atoms with E-state index in [2.05, 4.69) is 10.1 Å². The van der Waals surface area contributed by atoms with E-state index < -0.39 is 0 Å². The van der Waals surface area contributed by atoms with Crippen LogP contribution >= 0.6 is 0 Å². The van der Waals surface area contributed by atoms with Crippen LogP contribution in [0.5, 0.6) is 17.2 Å². The van der Waals surface area contributed by atoms with E-state index in [4.69, 9.17) is 19.9 Å². The smallest absolute Gasteiger partial charge is 0.203 e. The monoisotopic (exact) mass is 430 g/mol. The third-order valence-corrected chi connectivity index (χ3v) is 5.05. The minimum Gasteiger partial charge on any atom is -0.493 e. The van der Waals surface area contributed by atoms with E-state index >= 15 is 0 Å². The second-order valence-corrected chi connectivity index (χ2v) is 6.94. The van der Waals surface area contributed by atoms with Gasteiger partial charge in [-0.05, 0) is 47.5 Å². The number of ketones is 1. The van der Waals surface area contributed by atoms with Crippen LogP contribution in [0, 0.1) is 0 Å². The molecule has 4 rings (SSSR count). The summed E-state index contributed by atoms with van der Waals surface area (Å²) in [5, 5.41) is 4.23. The summed E-state index contributed by atoms with van der Waals surface area (Å²) in [5.74, 6) is 0.983. The zero-order chi connectivity index (χ0) is 22.7. The van der Waals surface area contributed by atoms with Crippen LogP contribution in [0.15, 0.2) is 67.3 Å². The van der Waals surface area contributed by atoms with Crippen LogP contribution in [0.1, 0.15) is 15.9 Å². The Kier molecular flexibility index (Phi) is 5.76. The van der Waals surface area contributed by atoms with Crippen molar-refractivity contribution in [2.45, 2.75) is 0 Å². The summed E-state index contributed by atoms with van der Waals surface area (Å²) < 4.78 is 17.7. The van der Waals surface area contributed by atoms with Crippen LogP contribution in [0.3, 0.4) is 0 Å². The Morgan fingerprint density at radius 2 is 1.62 bits per heavy atom. The second-order valence-electron chi connectivity index (χ2n) is 6.94. The van der Waals surface area contributed by atoms with Gasteiger partial charge < -0.3 is 19.9 Å². The van der Waals surface area contributed by atoms with Crippen molar-refractivity contribution in [2.75, 3.05) is 27.1 Å². The molecule has 8 nitrogen and oxygen atoms in total. The van der Waals surface area contributed by atoms with Crippen molar-refractivity contribution in [3.8, 4) is 34.1 Å². The quantitative estimate of drug-likeness (QED) is 0.352. The number of anilines is 1. The largest absolute Gasteiger partial charge is 0.493 e. The van der Waals surface area contributed by atoms with Gasteiger partial charge in [-0.15, -0.1) is 0 Å². The normalized spacial score (nSPS) is 10.6. The number of methoxy groups -OCH3 is 3. The average Bonchev–Trinajstić information content (AvgIpc) is 3.37. The van der Waals surface area contributed by atoms with Gasteiger partial charge in [-0.1, -0.05) is 18.2 Å². The zero-order valence-electron chi connectivity index (χ0n) is 17.9. The Morgan fingerprint density at radius 3 is 2.22 bits per heavy atom. The summed E-state index contributed by atoms with van der Waals surface area (Å²) in [6.45, 7) is 0. The Labute approximate surface area is 185 Å². The van der Waals surface area contributed by atoms with Gasteiger partial charge in [0.2, 0.25) is 5.75 Å². The number of hydrogen-bond acceptors (Lipinski definition) is 7. The lowest BCUT2D eigenvalue weighted by Crippen LogP contribution is -2.09. The molecule has 0 atom stereocenters. The highest BCUT2D eigenvalue weighted by Gasteiger charge is 2.21. The fourth-order valence-corrected chi connectivity index (χ4v) is 3.51. The van der Waals surface area contributed by atoms with Crippen LogP contribution in [0.2, 0.25) is 0 Å². The molecule has 0 unspecified atom stereocenters. The number of rotatable bonds is 7. The van der Waals surface area contributed by atoms with Gasteiger partial charge in [0.25, 0.3) is 0 Å². The predicted octanol–water partition coefficient (Wildman–Crippen LogP) is 3.77. The molecular formula is C24H22N4O4. The van der Waals surface area contributed by atoms with Gasteiger partial charge in [-0.2, -0.15) is 5.10 Å². The van der Waals surface area contributed by atoms with Crippen molar-refractivity contribution >= 4 is 11.5 Å². The van der Waals surface area contributed by atoms with Crippen molar-refractivity contribution < 1.29 is 19.0 Å². The Morgan fingerprint density at radius 1 is 0.906 bits per heavy atom. The number of nitrogens with zero attached hydrogens (tertiary/aromatic N) is 3. The number of benzene rings is 3. The van der Waals surface area contributed by atoms with Crippen molar-refractivity contribution in [1.29, 1.82) is 0 Å². The lowest BCUT2D eigenvalue weighted by molar-refractivity contribution is 0.103. The highest BCUT2D eigenvalue weighted by atomic mass is 16.5. The van der Waals surface area contributed by atoms with Gasteiger partial charge in [-0.3, -0.25) is 4.79 Å². The van der Waals surface area contributed by atoms with E-state index in [1.165, 1.54) is 27.7 Å². The molecule has 32 heavy (non-hydrogen) atoms. The topological polar surface area (TPSA) is 101 Å². The molecule has 162 valence electrons. The molecule has 0 spiro atoms. The minimum atomic E-state index is -0.228. The summed E-state index contributed by atoms with van der Waals surface area (Å²) in [5.41, 5.74) is 9.84. The molecule has 1 heterocycles. The first-order valence-electron chi connectivity index (χ1n) is 9.75. The molecule has 0 amide bonds. The first-order chi connectivity index (χ1) is 15.5. The van der Waals surface area contributed by atoms with Crippen LogP contribution in [0.25, 0.3) is 16.8 Å². The average molecular weight is 430 g/mol. The summed E-state index contributed by atoms with van der Waals surface area (Å²) >= 11 is 0. The minimum absolute atomic E-state index is 0.228. The lowest BCUT2D eigenvalue weighted by atomic mass is 9.96. The maximum Gasteiger partial charge on any atom is 0.203 e. The SMILES string of the molecule is COc1cc(C(=O)c2ccc(-c3cccc(N)c3)cc2-n2cncn2)cc(OC)c1OC. The number of hydrogen-bond donors (Lipinski definition) is 1. The van der Waals surface area contributed by atoms with Crippen molar-refractivity contribution in [3.63, 3.8) is 0 Å². The van der Waals surface area contributed by atoms with Gasteiger partial charge in [-0.25, -0.2) is 9.67 Å². The number of carbonyl (C=O) groups is 1. The Hall–Kier alpha value is -4.33. The van der Waals surface area contributed by atoms with Crippen LogP contribution in [0.4, 0.5) is 5.69 Å². The third kappa shape index (κ3) is 3.85. The molecule has 0 fully saturated rings. The van der Waals surface area contributed by atoms with E-state index in [1.54, 1.807) is 29.2 Å². The van der Waals surface area contributed by atoms with Gasteiger partial charge in [0, 0.05) is 16.8 Å². The molecule has 4 aromatic rings. The highest BCUT2D eigenvalue weighted by molar-refractivity contribution is 6.12. The number of carbonyl (C=O) groups excluding carboxylic acids is 1. The molecule has 0 bridgehead atoms. The number of ether oxygens (including phenoxy) is 3. The maximum atomic E-state index is 13.6. The molecule has 0 aliphatic carbocycles. The number of aromatic nitrogens is 3. The first kappa shape index (κ1) is 20.9. The van der Waals surface area contributed by atoms with Gasteiger partial charge in [0.15, 0.2) is 17.3 Å². The first-order valence-corrected chi connectivity index (χ1v) is 9.75. The van der Waals surface area contributed by atoms with Crippen LogP contribution in [-0.2, 0) is 0 Å². The highest BCUT2D eigenvalue weighted by Crippen LogP contribution is 2.39. The summed E-state index contributed by atoms with van der Waals surface area (Å²) in [7, 11) is 4.53. The van der Waals surface area contributed by atoms with E-state index in [1.807, 2.05) is 36.4 Å². The molecule has 0 aliphatic heterocycles. The van der Waals surface area contributed by atoms with E-state index in [0.29, 0.717) is 39.8 Å². The molecule has 0 saturated heterocycles. The Bertz CT molecular complexity index is 1240. The second kappa shape index (κ2) is 8.81. The molecular weight excluding hydrogens is 408 g/mol.